The van der Waals surface area contributed by atoms with Gasteiger partial charge in [-0.1, -0.05) is 23.9 Å². The van der Waals surface area contributed by atoms with Gasteiger partial charge < -0.3 is 5.32 Å². The summed E-state index contributed by atoms with van der Waals surface area (Å²) in [6.07, 6.45) is 4.05. The second kappa shape index (κ2) is 5.79. The average molecular weight is 265 g/mol. The van der Waals surface area contributed by atoms with Crippen LogP contribution >= 0.6 is 23.1 Å². The molecule has 0 aromatic carbocycles. The lowest BCUT2D eigenvalue weighted by Gasteiger charge is -1.96. The standard InChI is InChI=1S/C11H11N3OS2/c1-2-4-9-10(15)13-11(17-9)14-12-7-8-5-3-6-16-8/h2-3,5-7,9H,1,4H2,(H,13,14,15)/t9-/m0/s1. The van der Waals surface area contributed by atoms with E-state index in [-0.39, 0.29) is 11.2 Å². The number of hydrogen-bond acceptors (Lipinski definition) is 5. The highest BCUT2D eigenvalue weighted by atomic mass is 32.2. The second-order valence-electron chi connectivity index (χ2n) is 3.29. The zero-order chi connectivity index (χ0) is 12.1. The van der Waals surface area contributed by atoms with Gasteiger partial charge in [-0.15, -0.1) is 23.0 Å². The van der Waals surface area contributed by atoms with Crippen molar-refractivity contribution in [2.45, 2.75) is 11.7 Å². The van der Waals surface area contributed by atoms with Crippen LogP contribution in [0.5, 0.6) is 0 Å². The Morgan fingerprint density at radius 3 is 3.18 bits per heavy atom. The molecule has 1 aliphatic rings. The van der Waals surface area contributed by atoms with E-state index in [1.54, 1.807) is 23.6 Å². The van der Waals surface area contributed by atoms with Gasteiger partial charge in [-0.25, -0.2) is 0 Å². The predicted molar refractivity (Wildman–Crippen MR) is 73.7 cm³/mol. The maximum atomic E-state index is 11.5. The van der Waals surface area contributed by atoms with Gasteiger partial charge in [0.25, 0.3) is 0 Å². The molecule has 0 radical (unpaired) electrons. The zero-order valence-electron chi connectivity index (χ0n) is 9.00. The van der Waals surface area contributed by atoms with Gasteiger partial charge in [-0.2, -0.15) is 5.10 Å². The topological polar surface area (TPSA) is 53.8 Å². The lowest BCUT2D eigenvalue weighted by atomic mass is 10.3. The molecule has 1 aliphatic heterocycles. The van der Waals surface area contributed by atoms with Crippen LogP contribution in [0.2, 0.25) is 0 Å². The fraction of sp³-hybridized carbons (Fsp3) is 0.182. The molecular formula is C11H11N3OS2. The first-order valence-corrected chi connectivity index (χ1v) is 6.78. The quantitative estimate of drug-likeness (QED) is 0.516. The Morgan fingerprint density at radius 2 is 2.47 bits per heavy atom. The summed E-state index contributed by atoms with van der Waals surface area (Å²) in [5.74, 6) is -0.0278. The number of nitrogens with one attached hydrogen (secondary N) is 1. The fourth-order valence-corrected chi connectivity index (χ4v) is 2.76. The van der Waals surface area contributed by atoms with Gasteiger partial charge in [0, 0.05) is 4.88 Å². The molecular weight excluding hydrogens is 254 g/mol. The lowest BCUT2D eigenvalue weighted by molar-refractivity contribution is -0.118. The molecule has 1 N–H and O–H groups in total. The van der Waals surface area contributed by atoms with Gasteiger partial charge in [-0.3, -0.25) is 4.79 Å². The van der Waals surface area contributed by atoms with Crippen molar-refractivity contribution in [3.8, 4) is 0 Å². The van der Waals surface area contributed by atoms with Gasteiger partial charge in [0.1, 0.15) is 0 Å². The highest BCUT2D eigenvalue weighted by molar-refractivity contribution is 8.15. The molecule has 1 fully saturated rings. The normalized spacial score (nSPS) is 22.2. The van der Waals surface area contributed by atoms with Crippen molar-refractivity contribution in [3.05, 3.63) is 35.0 Å². The Labute approximate surface area is 108 Å². The average Bonchev–Trinajstić information content (AvgIpc) is 2.91. The summed E-state index contributed by atoms with van der Waals surface area (Å²) in [4.78, 5) is 12.5. The molecule has 2 rings (SSSR count). The first-order valence-electron chi connectivity index (χ1n) is 5.02. The minimum Gasteiger partial charge on any atom is -0.303 e. The number of thioether (sulfide) groups is 1. The summed E-state index contributed by atoms with van der Waals surface area (Å²) in [6, 6.07) is 3.90. The Bertz CT molecular complexity index is 465. The van der Waals surface area contributed by atoms with Crippen LogP contribution in [0.1, 0.15) is 11.3 Å². The third-order valence-corrected chi connectivity index (χ3v) is 3.94. The molecule has 0 bridgehead atoms. The van der Waals surface area contributed by atoms with E-state index in [0.29, 0.717) is 11.6 Å². The third-order valence-electron chi connectivity index (χ3n) is 2.03. The Balaban J connectivity index is 1.95. The van der Waals surface area contributed by atoms with Crippen molar-refractivity contribution in [2.24, 2.45) is 10.2 Å². The van der Waals surface area contributed by atoms with Crippen molar-refractivity contribution in [2.75, 3.05) is 0 Å². The molecule has 0 spiro atoms. The van der Waals surface area contributed by atoms with E-state index >= 15 is 0 Å². The minimum atomic E-state index is -0.122. The molecule has 1 saturated heterocycles. The van der Waals surface area contributed by atoms with Crippen LogP contribution in [0.25, 0.3) is 0 Å². The molecule has 0 saturated carbocycles. The largest absolute Gasteiger partial charge is 0.303 e. The molecule has 6 heteroatoms. The lowest BCUT2D eigenvalue weighted by Crippen LogP contribution is -2.24. The van der Waals surface area contributed by atoms with E-state index in [4.69, 9.17) is 0 Å². The number of allylic oxidation sites excluding steroid dienone is 1. The van der Waals surface area contributed by atoms with E-state index in [1.807, 2.05) is 17.5 Å². The number of hydrogen-bond donors (Lipinski definition) is 1. The SMILES string of the molecule is C=CC[C@@H]1S/C(=N\N=Cc2cccs2)NC1=O. The highest BCUT2D eigenvalue weighted by Gasteiger charge is 2.28. The van der Waals surface area contributed by atoms with Crippen LogP contribution in [0.4, 0.5) is 0 Å². The van der Waals surface area contributed by atoms with Gasteiger partial charge >= 0.3 is 0 Å². The maximum absolute atomic E-state index is 11.5. The van der Waals surface area contributed by atoms with E-state index < -0.39 is 0 Å². The second-order valence-corrected chi connectivity index (χ2v) is 5.46. The Kier molecular flexibility index (Phi) is 4.11. The summed E-state index contributed by atoms with van der Waals surface area (Å²) >= 11 is 2.98. The van der Waals surface area contributed by atoms with Crippen molar-refractivity contribution in [1.29, 1.82) is 0 Å². The van der Waals surface area contributed by atoms with Crippen LogP contribution in [0, 0.1) is 0 Å². The number of thiophene rings is 1. The first-order chi connectivity index (χ1) is 8.29. The molecule has 2 heterocycles. The molecule has 88 valence electrons. The molecule has 4 nitrogen and oxygen atoms in total. The van der Waals surface area contributed by atoms with E-state index in [1.165, 1.54) is 11.8 Å². The number of amidine groups is 1. The minimum absolute atomic E-state index is 0.0278. The highest BCUT2D eigenvalue weighted by Crippen LogP contribution is 2.22. The summed E-state index contributed by atoms with van der Waals surface area (Å²) < 4.78 is 0. The summed E-state index contributed by atoms with van der Waals surface area (Å²) in [5.41, 5.74) is 0. The number of carbonyl (C=O) groups is 1. The number of rotatable bonds is 4. The maximum Gasteiger partial charge on any atom is 0.239 e. The van der Waals surface area contributed by atoms with Gasteiger partial charge in [-0.05, 0) is 17.9 Å². The van der Waals surface area contributed by atoms with Crippen molar-refractivity contribution < 1.29 is 4.79 Å². The smallest absolute Gasteiger partial charge is 0.239 e. The summed E-state index contributed by atoms with van der Waals surface area (Å²) in [7, 11) is 0. The van der Waals surface area contributed by atoms with Crippen LogP contribution in [0.15, 0.2) is 40.4 Å². The number of amides is 1. The first kappa shape index (κ1) is 12.1. The zero-order valence-corrected chi connectivity index (χ0v) is 10.6. The van der Waals surface area contributed by atoms with Crippen molar-refractivity contribution in [3.63, 3.8) is 0 Å². The van der Waals surface area contributed by atoms with Gasteiger partial charge in [0.2, 0.25) is 5.91 Å². The molecule has 0 aliphatic carbocycles. The molecule has 1 amide bonds. The van der Waals surface area contributed by atoms with Gasteiger partial charge in [0.05, 0.1) is 11.5 Å². The number of carbonyl (C=O) groups excluding carboxylic acids is 1. The molecule has 1 atom stereocenters. The Morgan fingerprint density at radius 1 is 1.59 bits per heavy atom. The Hall–Kier alpha value is -1.40. The predicted octanol–water partition coefficient (Wildman–Crippen LogP) is 2.25. The number of nitrogens with zero attached hydrogens (tertiary/aromatic N) is 2. The molecule has 17 heavy (non-hydrogen) atoms. The fourth-order valence-electron chi connectivity index (χ4n) is 1.26. The van der Waals surface area contributed by atoms with Crippen LogP contribution < -0.4 is 5.32 Å². The van der Waals surface area contributed by atoms with E-state index in [2.05, 4.69) is 22.1 Å². The molecule has 1 aromatic rings. The van der Waals surface area contributed by atoms with Crippen molar-refractivity contribution >= 4 is 40.4 Å². The van der Waals surface area contributed by atoms with Crippen molar-refractivity contribution in [1.82, 2.24) is 5.32 Å². The monoisotopic (exact) mass is 265 g/mol. The van der Waals surface area contributed by atoms with Crippen LogP contribution in [0.3, 0.4) is 0 Å². The summed E-state index contributed by atoms with van der Waals surface area (Å²) in [5, 5.41) is 13.0. The van der Waals surface area contributed by atoms with E-state index in [0.717, 1.165) is 4.88 Å². The van der Waals surface area contributed by atoms with Crippen LogP contribution in [-0.4, -0.2) is 22.5 Å². The van der Waals surface area contributed by atoms with E-state index in [9.17, 15) is 4.79 Å². The van der Waals surface area contributed by atoms with Gasteiger partial charge in [0.15, 0.2) is 5.17 Å². The molecule has 0 unspecified atom stereocenters. The third kappa shape index (κ3) is 3.28. The summed E-state index contributed by atoms with van der Waals surface area (Å²) in [6.45, 7) is 3.62. The van der Waals surface area contributed by atoms with Crippen LogP contribution in [-0.2, 0) is 4.79 Å². The molecule has 1 aromatic heterocycles.